The minimum absolute atomic E-state index is 0.451. The van der Waals surface area contributed by atoms with E-state index in [-0.39, 0.29) is 0 Å². The van der Waals surface area contributed by atoms with E-state index in [1.165, 1.54) is 25.7 Å². The summed E-state index contributed by atoms with van der Waals surface area (Å²) in [4.78, 5) is 0. The molecule has 2 unspecified atom stereocenters. The Labute approximate surface area is 101 Å². The summed E-state index contributed by atoms with van der Waals surface area (Å²) in [5, 5.41) is 6.79. The Kier molecular flexibility index (Phi) is 11.2. The molecule has 0 aliphatic carbocycles. The van der Waals surface area contributed by atoms with Crippen molar-refractivity contribution in [2.75, 3.05) is 26.2 Å². The maximum atomic E-state index is 5.51. The van der Waals surface area contributed by atoms with Gasteiger partial charge in [0.2, 0.25) is 0 Å². The lowest BCUT2D eigenvalue weighted by molar-refractivity contribution is 0.501. The first kappa shape index (κ1) is 15.8. The molecule has 16 heavy (non-hydrogen) atoms. The Morgan fingerprint density at radius 1 is 0.750 bits per heavy atom. The standard InChI is InChI=1S/C12H30N4/c1-11(9-13)15-7-5-3-4-6-8-16-12(2)10-14/h11-12,15-16H,3-10,13-14H2,1-2H3. The zero-order chi connectivity index (χ0) is 12.2. The summed E-state index contributed by atoms with van der Waals surface area (Å²) in [7, 11) is 0. The van der Waals surface area contributed by atoms with Crippen LogP contribution in [0, 0.1) is 0 Å². The van der Waals surface area contributed by atoms with Gasteiger partial charge >= 0.3 is 0 Å². The van der Waals surface area contributed by atoms with Crippen LogP contribution >= 0.6 is 0 Å². The topological polar surface area (TPSA) is 76.1 Å². The third kappa shape index (κ3) is 10.4. The summed E-state index contributed by atoms with van der Waals surface area (Å²) in [6, 6.07) is 0.902. The highest BCUT2D eigenvalue weighted by molar-refractivity contribution is 4.61. The summed E-state index contributed by atoms with van der Waals surface area (Å²) in [5.41, 5.74) is 11.0. The molecule has 4 heteroatoms. The summed E-state index contributed by atoms with van der Waals surface area (Å²) in [5.74, 6) is 0. The van der Waals surface area contributed by atoms with Gasteiger partial charge in [0.15, 0.2) is 0 Å². The molecule has 0 rings (SSSR count). The van der Waals surface area contributed by atoms with Gasteiger partial charge in [-0.15, -0.1) is 0 Å². The predicted octanol–water partition coefficient (Wildman–Crippen LogP) is 0.420. The molecule has 0 fully saturated rings. The Hall–Kier alpha value is -0.160. The first-order valence-corrected chi connectivity index (χ1v) is 6.57. The molecule has 2 atom stereocenters. The highest BCUT2D eigenvalue weighted by Gasteiger charge is 1.97. The quantitative estimate of drug-likeness (QED) is 0.388. The third-order valence-electron chi connectivity index (χ3n) is 2.80. The molecule has 6 N–H and O–H groups in total. The monoisotopic (exact) mass is 230 g/mol. The van der Waals surface area contributed by atoms with Crippen LogP contribution in [0.4, 0.5) is 0 Å². The lowest BCUT2D eigenvalue weighted by Crippen LogP contribution is -2.34. The van der Waals surface area contributed by atoms with E-state index in [0.717, 1.165) is 26.2 Å². The zero-order valence-corrected chi connectivity index (χ0v) is 11.0. The SMILES string of the molecule is CC(CN)NCCCCCCNC(C)CN. The molecule has 0 aliphatic rings. The lowest BCUT2D eigenvalue weighted by atomic mass is 10.2. The van der Waals surface area contributed by atoms with Gasteiger partial charge in [0.25, 0.3) is 0 Å². The molecule has 0 saturated heterocycles. The normalized spacial score (nSPS) is 15.0. The van der Waals surface area contributed by atoms with Gasteiger partial charge in [-0.2, -0.15) is 0 Å². The first-order valence-electron chi connectivity index (χ1n) is 6.57. The van der Waals surface area contributed by atoms with Gasteiger partial charge in [-0.1, -0.05) is 12.8 Å². The van der Waals surface area contributed by atoms with Crippen LogP contribution in [0.25, 0.3) is 0 Å². The van der Waals surface area contributed by atoms with E-state index < -0.39 is 0 Å². The molecule has 0 spiro atoms. The smallest absolute Gasteiger partial charge is 0.0161 e. The maximum Gasteiger partial charge on any atom is 0.0161 e. The average Bonchev–Trinajstić information content (AvgIpc) is 2.31. The maximum absolute atomic E-state index is 5.51. The van der Waals surface area contributed by atoms with Crippen molar-refractivity contribution in [2.45, 2.75) is 51.6 Å². The molecule has 0 aromatic carbocycles. The number of nitrogens with two attached hydrogens (primary N) is 2. The minimum Gasteiger partial charge on any atom is -0.329 e. The van der Waals surface area contributed by atoms with E-state index in [0.29, 0.717) is 12.1 Å². The van der Waals surface area contributed by atoms with Gasteiger partial charge in [-0.25, -0.2) is 0 Å². The van der Waals surface area contributed by atoms with Crippen molar-refractivity contribution in [2.24, 2.45) is 11.5 Å². The Morgan fingerprint density at radius 3 is 1.44 bits per heavy atom. The van der Waals surface area contributed by atoms with Crippen LogP contribution in [0.2, 0.25) is 0 Å². The van der Waals surface area contributed by atoms with E-state index in [1.54, 1.807) is 0 Å². The third-order valence-corrected chi connectivity index (χ3v) is 2.80. The Balaban J connectivity index is 3.04. The number of hydrogen-bond donors (Lipinski definition) is 4. The number of nitrogens with one attached hydrogen (secondary N) is 2. The fraction of sp³-hybridized carbons (Fsp3) is 1.00. The van der Waals surface area contributed by atoms with Crippen molar-refractivity contribution in [1.29, 1.82) is 0 Å². The second-order valence-corrected chi connectivity index (χ2v) is 4.60. The molecule has 98 valence electrons. The molecule has 0 saturated carbocycles. The Bertz CT molecular complexity index is 125. The van der Waals surface area contributed by atoms with E-state index in [1.807, 2.05) is 0 Å². The molecule has 0 heterocycles. The molecule has 0 aromatic rings. The summed E-state index contributed by atoms with van der Waals surface area (Å²) in [6.07, 6.45) is 5.08. The predicted molar refractivity (Wildman–Crippen MR) is 71.5 cm³/mol. The van der Waals surface area contributed by atoms with Gasteiger partial charge in [-0.3, -0.25) is 0 Å². The summed E-state index contributed by atoms with van der Waals surface area (Å²) in [6.45, 7) is 7.87. The lowest BCUT2D eigenvalue weighted by Gasteiger charge is -2.12. The van der Waals surface area contributed by atoms with Crippen molar-refractivity contribution >= 4 is 0 Å². The van der Waals surface area contributed by atoms with E-state index in [2.05, 4.69) is 24.5 Å². The second kappa shape index (κ2) is 11.3. The van der Waals surface area contributed by atoms with Gasteiger partial charge in [-0.05, 0) is 39.8 Å². The van der Waals surface area contributed by atoms with Crippen LogP contribution in [-0.2, 0) is 0 Å². The van der Waals surface area contributed by atoms with E-state index in [9.17, 15) is 0 Å². The second-order valence-electron chi connectivity index (χ2n) is 4.60. The Morgan fingerprint density at radius 2 is 1.12 bits per heavy atom. The van der Waals surface area contributed by atoms with Crippen LogP contribution in [0.5, 0.6) is 0 Å². The van der Waals surface area contributed by atoms with E-state index >= 15 is 0 Å². The van der Waals surface area contributed by atoms with Gasteiger partial charge < -0.3 is 22.1 Å². The fourth-order valence-electron chi connectivity index (χ4n) is 1.47. The minimum atomic E-state index is 0.451. The molecule has 0 aliphatic heterocycles. The van der Waals surface area contributed by atoms with Gasteiger partial charge in [0.1, 0.15) is 0 Å². The van der Waals surface area contributed by atoms with Crippen molar-refractivity contribution in [3.8, 4) is 0 Å². The molecule has 4 nitrogen and oxygen atoms in total. The van der Waals surface area contributed by atoms with Crippen LogP contribution < -0.4 is 22.1 Å². The van der Waals surface area contributed by atoms with Gasteiger partial charge in [0, 0.05) is 25.2 Å². The molecular weight excluding hydrogens is 200 g/mol. The van der Waals surface area contributed by atoms with Crippen LogP contribution in [0.15, 0.2) is 0 Å². The molecule has 0 aromatic heterocycles. The van der Waals surface area contributed by atoms with Crippen LogP contribution in [-0.4, -0.2) is 38.3 Å². The molecule has 0 radical (unpaired) electrons. The highest BCUT2D eigenvalue weighted by Crippen LogP contribution is 1.98. The average molecular weight is 230 g/mol. The van der Waals surface area contributed by atoms with Crippen molar-refractivity contribution < 1.29 is 0 Å². The summed E-state index contributed by atoms with van der Waals surface area (Å²) >= 11 is 0. The van der Waals surface area contributed by atoms with Crippen LogP contribution in [0.3, 0.4) is 0 Å². The van der Waals surface area contributed by atoms with Gasteiger partial charge in [0.05, 0.1) is 0 Å². The van der Waals surface area contributed by atoms with Crippen LogP contribution in [0.1, 0.15) is 39.5 Å². The molecular formula is C12H30N4. The first-order chi connectivity index (χ1) is 7.70. The van der Waals surface area contributed by atoms with E-state index in [4.69, 9.17) is 11.5 Å². The molecule has 0 amide bonds. The number of rotatable bonds is 11. The fourth-order valence-corrected chi connectivity index (χ4v) is 1.47. The zero-order valence-electron chi connectivity index (χ0n) is 11.0. The highest BCUT2D eigenvalue weighted by atomic mass is 14.9. The summed E-state index contributed by atoms with van der Waals surface area (Å²) < 4.78 is 0. The molecule has 0 bridgehead atoms. The van der Waals surface area contributed by atoms with Crippen molar-refractivity contribution in [3.05, 3.63) is 0 Å². The number of unbranched alkanes of at least 4 members (excludes halogenated alkanes) is 3. The largest absolute Gasteiger partial charge is 0.329 e. The number of hydrogen-bond acceptors (Lipinski definition) is 4. The van der Waals surface area contributed by atoms with Crippen molar-refractivity contribution in [3.63, 3.8) is 0 Å². The van der Waals surface area contributed by atoms with Crippen molar-refractivity contribution in [1.82, 2.24) is 10.6 Å².